The summed E-state index contributed by atoms with van der Waals surface area (Å²) in [5, 5.41) is 6.31. The van der Waals surface area contributed by atoms with Gasteiger partial charge < -0.3 is 14.2 Å². The van der Waals surface area contributed by atoms with E-state index < -0.39 is 5.79 Å². The van der Waals surface area contributed by atoms with Crippen LogP contribution in [0.4, 0.5) is 4.39 Å². The minimum atomic E-state index is -0.466. The van der Waals surface area contributed by atoms with Crippen molar-refractivity contribution < 1.29 is 23.4 Å². The van der Waals surface area contributed by atoms with Crippen molar-refractivity contribution in [3.8, 4) is 5.75 Å². The average Bonchev–Trinajstić information content (AvgIpc) is 3.50. The van der Waals surface area contributed by atoms with Crippen LogP contribution >= 0.6 is 0 Å². The monoisotopic (exact) mass is 467 g/mol. The summed E-state index contributed by atoms with van der Waals surface area (Å²) in [6.07, 6.45) is 2.08. The molecule has 0 saturated carbocycles. The Morgan fingerprint density at radius 2 is 1.76 bits per heavy atom. The molecule has 2 fully saturated rings. The van der Waals surface area contributed by atoms with E-state index in [-0.39, 0.29) is 24.3 Å². The summed E-state index contributed by atoms with van der Waals surface area (Å²) in [6.45, 7) is 5.57. The van der Waals surface area contributed by atoms with Crippen molar-refractivity contribution in [1.29, 1.82) is 0 Å². The van der Waals surface area contributed by atoms with E-state index in [1.807, 2.05) is 31.2 Å². The summed E-state index contributed by atoms with van der Waals surface area (Å²) in [4.78, 5) is 15.6. The lowest BCUT2D eigenvalue weighted by atomic mass is 9.98. The van der Waals surface area contributed by atoms with Crippen molar-refractivity contribution in [3.05, 3.63) is 65.5 Å². The van der Waals surface area contributed by atoms with E-state index in [0.29, 0.717) is 26.2 Å². The van der Waals surface area contributed by atoms with Crippen LogP contribution in [0.2, 0.25) is 0 Å². The van der Waals surface area contributed by atoms with E-state index in [4.69, 9.17) is 19.3 Å². The molecule has 1 unspecified atom stereocenters. The lowest BCUT2D eigenvalue weighted by molar-refractivity contribution is -0.186. The van der Waals surface area contributed by atoms with Gasteiger partial charge in [-0.1, -0.05) is 24.3 Å². The predicted molar refractivity (Wildman–Crippen MR) is 125 cm³/mol. The van der Waals surface area contributed by atoms with Crippen LogP contribution in [0.3, 0.4) is 0 Å². The van der Waals surface area contributed by atoms with E-state index >= 15 is 0 Å². The molecule has 0 bridgehead atoms. The molecular formula is C26H30FN3O4. The quantitative estimate of drug-likeness (QED) is 0.648. The maximum Gasteiger partial charge on any atom is 0.257 e. The van der Waals surface area contributed by atoms with Crippen molar-refractivity contribution in [2.24, 2.45) is 5.10 Å². The number of ether oxygens (including phenoxy) is 3. The molecule has 2 aromatic carbocycles. The number of hydrogen-bond donors (Lipinski definition) is 0. The van der Waals surface area contributed by atoms with Gasteiger partial charge in [0, 0.05) is 32.4 Å². The van der Waals surface area contributed by atoms with Crippen molar-refractivity contribution in [1.82, 2.24) is 9.91 Å². The minimum absolute atomic E-state index is 0.0554. The van der Waals surface area contributed by atoms with E-state index in [0.717, 1.165) is 48.5 Å². The fraction of sp³-hybridized carbons (Fsp3) is 0.462. The summed E-state index contributed by atoms with van der Waals surface area (Å²) in [6, 6.07) is 13.9. The number of carbonyl (C=O) groups is 1. The van der Waals surface area contributed by atoms with Crippen LogP contribution in [0, 0.1) is 5.82 Å². The number of halogens is 1. The molecule has 2 aromatic rings. The molecule has 0 radical (unpaired) electrons. The van der Waals surface area contributed by atoms with E-state index in [2.05, 4.69) is 4.90 Å². The molecule has 34 heavy (non-hydrogen) atoms. The summed E-state index contributed by atoms with van der Waals surface area (Å²) in [7, 11) is 0. The largest absolute Gasteiger partial charge is 0.494 e. The Morgan fingerprint density at radius 3 is 2.41 bits per heavy atom. The van der Waals surface area contributed by atoms with Crippen LogP contribution in [-0.4, -0.2) is 66.8 Å². The van der Waals surface area contributed by atoms with Crippen molar-refractivity contribution in [3.63, 3.8) is 0 Å². The molecular weight excluding hydrogens is 437 g/mol. The Kier molecular flexibility index (Phi) is 6.63. The fourth-order valence-electron chi connectivity index (χ4n) is 4.87. The highest BCUT2D eigenvalue weighted by Crippen LogP contribution is 2.35. The number of hydrazone groups is 1. The van der Waals surface area contributed by atoms with Crippen LogP contribution in [0.25, 0.3) is 0 Å². The Labute approximate surface area is 199 Å². The topological polar surface area (TPSA) is 63.6 Å². The summed E-state index contributed by atoms with van der Waals surface area (Å²) in [5.41, 5.74) is 2.59. The Hall–Kier alpha value is -2.81. The Morgan fingerprint density at radius 1 is 1.09 bits per heavy atom. The van der Waals surface area contributed by atoms with Gasteiger partial charge in [0.25, 0.3) is 5.91 Å². The second-order valence-electron chi connectivity index (χ2n) is 8.90. The van der Waals surface area contributed by atoms with Crippen LogP contribution in [-0.2, 0) is 14.3 Å². The van der Waals surface area contributed by atoms with Gasteiger partial charge in [-0.25, -0.2) is 9.40 Å². The van der Waals surface area contributed by atoms with E-state index in [9.17, 15) is 9.18 Å². The molecule has 7 nitrogen and oxygen atoms in total. The second kappa shape index (κ2) is 9.82. The molecule has 3 aliphatic rings. The van der Waals surface area contributed by atoms with Crippen molar-refractivity contribution in [2.75, 3.05) is 39.5 Å². The highest BCUT2D eigenvalue weighted by atomic mass is 19.1. The van der Waals surface area contributed by atoms with Gasteiger partial charge in [0.15, 0.2) is 5.79 Å². The van der Waals surface area contributed by atoms with Gasteiger partial charge in [-0.3, -0.25) is 9.69 Å². The molecule has 0 N–H and O–H groups in total. The first-order valence-corrected chi connectivity index (χ1v) is 11.9. The molecule has 3 heterocycles. The van der Waals surface area contributed by atoms with Crippen molar-refractivity contribution in [2.45, 2.75) is 38.0 Å². The SMILES string of the molecule is CCOc1ccc(C2CC(c3ccc(F)cc3)=NN2C(=O)CN2CCC3(CC2)OCCO3)cc1. The van der Waals surface area contributed by atoms with Gasteiger partial charge in [-0.15, -0.1) is 0 Å². The molecule has 0 aromatic heterocycles. The Balaban J connectivity index is 1.33. The van der Waals surface area contributed by atoms with Gasteiger partial charge in [0.1, 0.15) is 11.6 Å². The zero-order valence-corrected chi connectivity index (χ0v) is 19.4. The van der Waals surface area contributed by atoms with Gasteiger partial charge in [0.05, 0.1) is 38.1 Å². The number of hydrogen-bond acceptors (Lipinski definition) is 6. The number of carbonyl (C=O) groups excluding carboxylic acids is 1. The number of rotatable bonds is 6. The lowest BCUT2D eigenvalue weighted by Gasteiger charge is -2.37. The van der Waals surface area contributed by atoms with Crippen LogP contribution in [0.15, 0.2) is 53.6 Å². The molecule has 5 rings (SSSR count). The number of likely N-dealkylation sites (tertiary alicyclic amines) is 1. The molecule has 2 saturated heterocycles. The second-order valence-corrected chi connectivity index (χ2v) is 8.90. The maximum atomic E-state index is 13.5. The smallest absolute Gasteiger partial charge is 0.257 e. The first-order chi connectivity index (χ1) is 16.5. The summed E-state index contributed by atoms with van der Waals surface area (Å²) < 4.78 is 30.6. The summed E-state index contributed by atoms with van der Waals surface area (Å²) >= 11 is 0. The molecule has 1 amide bonds. The van der Waals surface area contributed by atoms with Gasteiger partial charge >= 0.3 is 0 Å². The molecule has 1 spiro atoms. The number of piperidine rings is 1. The fourth-order valence-corrected chi connectivity index (χ4v) is 4.87. The summed E-state index contributed by atoms with van der Waals surface area (Å²) in [5.74, 6) is -0.0246. The van der Waals surface area contributed by atoms with Crippen LogP contribution in [0.1, 0.15) is 43.4 Å². The number of benzene rings is 2. The molecule has 8 heteroatoms. The van der Waals surface area contributed by atoms with Gasteiger partial charge in [-0.05, 0) is 42.3 Å². The van der Waals surface area contributed by atoms with E-state index in [1.54, 1.807) is 17.1 Å². The van der Waals surface area contributed by atoms with Crippen LogP contribution < -0.4 is 4.74 Å². The lowest BCUT2D eigenvalue weighted by Crippen LogP contribution is -2.48. The highest BCUT2D eigenvalue weighted by molar-refractivity contribution is 6.03. The minimum Gasteiger partial charge on any atom is -0.494 e. The van der Waals surface area contributed by atoms with Crippen LogP contribution in [0.5, 0.6) is 5.75 Å². The Bertz CT molecular complexity index is 1030. The third-order valence-corrected chi connectivity index (χ3v) is 6.71. The molecule has 180 valence electrons. The van der Waals surface area contributed by atoms with E-state index in [1.165, 1.54) is 12.1 Å². The molecule has 0 aliphatic carbocycles. The zero-order chi connectivity index (χ0) is 23.5. The molecule has 1 atom stereocenters. The first-order valence-electron chi connectivity index (χ1n) is 11.9. The number of nitrogens with zero attached hydrogens (tertiary/aromatic N) is 3. The third-order valence-electron chi connectivity index (χ3n) is 6.71. The highest BCUT2D eigenvalue weighted by Gasteiger charge is 2.41. The average molecular weight is 468 g/mol. The van der Waals surface area contributed by atoms with Gasteiger partial charge in [0.2, 0.25) is 0 Å². The predicted octanol–water partition coefficient (Wildman–Crippen LogP) is 3.74. The standard InChI is InChI=1S/C26H30FN3O4/c1-2-32-22-9-5-20(6-10-22)24-17-23(19-3-7-21(27)8-4-19)28-30(24)25(31)18-29-13-11-26(12-14-29)33-15-16-34-26/h3-10,24H,2,11-18H2,1H3. The normalized spacial score (nSPS) is 22.2. The maximum absolute atomic E-state index is 13.5. The van der Waals surface area contributed by atoms with Crippen molar-refractivity contribution >= 4 is 11.6 Å². The van der Waals surface area contributed by atoms with Gasteiger partial charge in [-0.2, -0.15) is 5.10 Å². The number of amides is 1. The third kappa shape index (κ3) is 4.85. The molecule has 3 aliphatic heterocycles. The first kappa shape index (κ1) is 23.0. The zero-order valence-electron chi connectivity index (χ0n) is 19.4.